The monoisotopic (exact) mass is 447 g/mol. The number of pyridine rings is 1. The van der Waals surface area contributed by atoms with Crippen molar-refractivity contribution in [3.8, 4) is 17.1 Å². The first kappa shape index (κ1) is 23.1. The van der Waals surface area contributed by atoms with E-state index in [-0.39, 0.29) is 0 Å². The number of nitrogens with zero attached hydrogens (tertiary/aromatic N) is 5. The Balaban J connectivity index is 1.58. The third kappa shape index (κ3) is 5.67. The van der Waals surface area contributed by atoms with Gasteiger partial charge in [0.25, 0.3) is 0 Å². The zero-order valence-corrected chi connectivity index (χ0v) is 20.0. The van der Waals surface area contributed by atoms with Crippen LogP contribution in [0.15, 0.2) is 48.8 Å². The molecule has 0 spiro atoms. The number of likely N-dealkylation sites (tertiary alicyclic amines) is 1. The Morgan fingerprint density at radius 2 is 2.00 bits per heavy atom. The molecular weight excluding hydrogens is 414 g/mol. The van der Waals surface area contributed by atoms with Gasteiger partial charge in [0.15, 0.2) is 5.82 Å². The topological polar surface area (TPSA) is 63.6 Å². The first-order chi connectivity index (χ1) is 16.1. The minimum Gasteiger partial charge on any atom is -0.496 e. The third-order valence-corrected chi connectivity index (χ3v) is 6.08. The number of aromatic nitrogens is 3. The van der Waals surface area contributed by atoms with Crippen molar-refractivity contribution in [3.05, 3.63) is 65.6 Å². The summed E-state index contributed by atoms with van der Waals surface area (Å²) in [5.41, 5.74) is 4.39. The lowest BCUT2D eigenvalue weighted by molar-refractivity contribution is 0.183. The van der Waals surface area contributed by atoms with Crippen molar-refractivity contribution in [2.75, 3.05) is 46.3 Å². The fourth-order valence-corrected chi connectivity index (χ4v) is 4.41. The molecule has 7 nitrogen and oxygen atoms in total. The molecule has 4 rings (SSSR count). The highest BCUT2D eigenvalue weighted by molar-refractivity contribution is 5.56. The van der Waals surface area contributed by atoms with E-state index >= 15 is 0 Å². The molecule has 33 heavy (non-hydrogen) atoms. The Bertz CT molecular complexity index is 1060. The zero-order chi connectivity index (χ0) is 23.2. The van der Waals surface area contributed by atoms with E-state index in [1.807, 2.05) is 43.4 Å². The minimum atomic E-state index is 0.351. The zero-order valence-electron chi connectivity index (χ0n) is 20.0. The molecule has 174 valence electrons. The Morgan fingerprint density at radius 1 is 1.12 bits per heavy atom. The molecule has 0 bridgehead atoms. The van der Waals surface area contributed by atoms with Crippen molar-refractivity contribution in [3.63, 3.8) is 0 Å². The Hall–Kier alpha value is -3.03. The van der Waals surface area contributed by atoms with Crippen molar-refractivity contribution >= 4 is 5.82 Å². The SMILES string of the molecule is COCc1ccc(OC)c(CN2CCCC(c3cc(N(C)C)nc(-c4cccnc4)n3)C2)c1. The smallest absolute Gasteiger partial charge is 0.163 e. The molecule has 1 aromatic carbocycles. The summed E-state index contributed by atoms with van der Waals surface area (Å²) in [5.74, 6) is 2.93. The number of piperidine rings is 1. The van der Waals surface area contributed by atoms with Crippen LogP contribution in [0, 0.1) is 0 Å². The standard InChI is InChI=1S/C26H33N5O2/c1-30(2)25-14-23(28-26(29-25)20-7-5-11-27-15-20)21-8-6-12-31(16-21)17-22-13-19(18-32-3)9-10-24(22)33-4/h5,7,9-11,13-15,21H,6,8,12,16-18H2,1-4H3. The summed E-state index contributed by atoms with van der Waals surface area (Å²) in [7, 11) is 7.50. The van der Waals surface area contributed by atoms with E-state index in [0.717, 1.165) is 66.7 Å². The van der Waals surface area contributed by atoms with Gasteiger partial charge in [0, 0.05) is 69.8 Å². The van der Waals surface area contributed by atoms with Crippen LogP contribution in [0.2, 0.25) is 0 Å². The second kappa shape index (κ2) is 10.7. The lowest BCUT2D eigenvalue weighted by Crippen LogP contribution is -2.34. The Kier molecular flexibility index (Phi) is 7.52. The van der Waals surface area contributed by atoms with Crippen molar-refractivity contribution in [2.24, 2.45) is 0 Å². The third-order valence-electron chi connectivity index (χ3n) is 6.08. The summed E-state index contributed by atoms with van der Waals surface area (Å²) in [6.07, 6.45) is 5.85. The molecule has 3 aromatic rings. The second-order valence-corrected chi connectivity index (χ2v) is 8.76. The molecule has 2 aromatic heterocycles. The first-order valence-electron chi connectivity index (χ1n) is 11.4. The van der Waals surface area contributed by atoms with Crippen LogP contribution >= 0.6 is 0 Å². The second-order valence-electron chi connectivity index (χ2n) is 8.76. The van der Waals surface area contributed by atoms with E-state index in [4.69, 9.17) is 19.4 Å². The van der Waals surface area contributed by atoms with Crippen LogP contribution in [-0.2, 0) is 17.9 Å². The van der Waals surface area contributed by atoms with Gasteiger partial charge in [-0.15, -0.1) is 0 Å². The minimum absolute atomic E-state index is 0.351. The molecule has 1 atom stereocenters. The van der Waals surface area contributed by atoms with E-state index in [0.29, 0.717) is 12.5 Å². The summed E-state index contributed by atoms with van der Waals surface area (Å²) in [5, 5.41) is 0. The number of anilines is 1. The van der Waals surface area contributed by atoms with Gasteiger partial charge in [-0.1, -0.05) is 6.07 Å². The molecule has 1 saturated heterocycles. The maximum atomic E-state index is 5.64. The maximum Gasteiger partial charge on any atom is 0.163 e. The molecule has 0 amide bonds. The molecule has 7 heteroatoms. The normalized spacial score (nSPS) is 16.5. The van der Waals surface area contributed by atoms with Gasteiger partial charge in [-0.2, -0.15) is 0 Å². The molecule has 1 fully saturated rings. The van der Waals surface area contributed by atoms with E-state index < -0.39 is 0 Å². The van der Waals surface area contributed by atoms with E-state index in [9.17, 15) is 0 Å². The molecule has 3 heterocycles. The lowest BCUT2D eigenvalue weighted by Gasteiger charge is -2.33. The average molecular weight is 448 g/mol. The summed E-state index contributed by atoms with van der Waals surface area (Å²) < 4.78 is 11.0. The number of rotatable bonds is 8. The molecule has 0 saturated carbocycles. The van der Waals surface area contributed by atoms with E-state index in [2.05, 4.69) is 28.1 Å². The molecule has 0 radical (unpaired) electrons. The molecule has 1 aliphatic rings. The Morgan fingerprint density at radius 3 is 2.73 bits per heavy atom. The van der Waals surface area contributed by atoms with Gasteiger partial charge in [0.05, 0.1) is 19.4 Å². The average Bonchev–Trinajstić information content (AvgIpc) is 2.85. The first-order valence-corrected chi connectivity index (χ1v) is 11.4. The highest BCUT2D eigenvalue weighted by Gasteiger charge is 2.25. The van der Waals surface area contributed by atoms with Crippen LogP contribution in [0.3, 0.4) is 0 Å². The van der Waals surface area contributed by atoms with Crippen molar-refractivity contribution in [1.29, 1.82) is 0 Å². The summed E-state index contributed by atoms with van der Waals surface area (Å²) >= 11 is 0. The van der Waals surface area contributed by atoms with Gasteiger partial charge >= 0.3 is 0 Å². The molecule has 0 aliphatic carbocycles. The van der Waals surface area contributed by atoms with Crippen LogP contribution in [0.5, 0.6) is 5.75 Å². The van der Waals surface area contributed by atoms with Gasteiger partial charge < -0.3 is 14.4 Å². The van der Waals surface area contributed by atoms with Crippen LogP contribution < -0.4 is 9.64 Å². The highest BCUT2D eigenvalue weighted by Crippen LogP contribution is 2.31. The largest absolute Gasteiger partial charge is 0.496 e. The fraction of sp³-hybridized carbons (Fsp3) is 0.423. The Labute approximate surface area is 196 Å². The van der Waals surface area contributed by atoms with Crippen LogP contribution in [0.4, 0.5) is 5.82 Å². The van der Waals surface area contributed by atoms with Crippen molar-refractivity contribution in [2.45, 2.75) is 31.9 Å². The van der Waals surface area contributed by atoms with E-state index in [1.165, 1.54) is 5.56 Å². The van der Waals surface area contributed by atoms with Gasteiger partial charge in [-0.25, -0.2) is 9.97 Å². The van der Waals surface area contributed by atoms with Crippen molar-refractivity contribution in [1.82, 2.24) is 19.9 Å². The predicted molar refractivity (Wildman–Crippen MR) is 131 cm³/mol. The highest BCUT2D eigenvalue weighted by atomic mass is 16.5. The number of hydrogen-bond donors (Lipinski definition) is 0. The molecule has 1 aliphatic heterocycles. The van der Waals surface area contributed by atoms with Crippen LogP contribution in [0.1, 0.15) is 35.6 Å². The molecule has 0 N–H and O–H groups in total. The summed E-state index contributed by atoms with van der Waals surface area (Å²) in [6, 6.07) is 12.4. The molecule has 1 unspecified atom stereocenters. The van der Waals surface area contributed by atoms with Crippen LogP contribution in [-0.4, -0.2) is 61.3 Å². The van der Waals surface area contributed by atoms with Crippen molar-refractivity contribution < 1.29 is 9.47 Å². The van der Waals surface area contributed by atoms with Crippen LogP contribution in [0.25, 0.3) is 11.4 Å². The predicted octanol–water partition coefficient (Wildman–Crippen LogP) is 4.14. The number of ether oxygens (including phenoxy) is 2. The van der Waals surface area contributed by atoms with Gasteiger partial charge in [-0.05, 0) is 49.2 Å². The number of hydrogen-bond acceptors (Lipinski definition) is 7. The number of benzene rings is 1. The summed E-state index contributed by atoms with van der Waals surface area (Å²) in [4.78, 5) is 18.5. The quantitative estimate of drug-likeness (QED) is 0.514. The van der Waals surface area contributed by atoms with Gasteiger partial charge in [0.1, 0.15) is 11.6 Å². The maximum absolute atomic E-state index is 5.64. The summed E-state index contributed by atoms with van der Waals surface area (Å²) in [6.45, 7) is 3.46. The van der Waals surface area contributed by atoms with Gasteiger partial charge in [0.2, 0.25) is 0 Å². The van der Waals surface area contributed by atoms with Gasteiger partial charge in [-0.3, -0.25) is 9.88 Å². The molecular formula is C26H33N5O2. The lowest BCUT2D eigenvalue weighted by atomic mass is 9.93. The number of methoxy groups -OCH3 is 2. The van der Waals surface area contributed by atoms with E-state index in [1.54, 1.807) is 20.4 Å². The fourth-order valence-electron chi connectivity index (χ4n) is 4.41.